The van der Waals surface area contributed by atoms with Crippen molar-refractivity contribution in [2.24, 2.45) is 0 Å². The molecule has 0 atom stereocenters. The van der Waals surface area contributed by atoms with Crippen molar-refractivity contribution >= 4 is 11.6 Å². The van der Waals surface area contributed by atoms with E-state index in [1.807, 2.05) is 38.1 Å². The average Bonchev–Trinajstić information content (AvgIpc) is 2.78. The van der Waals surface area contributed by atoms with Crippen LogP contribution in [-0.4, -0.2) is 12.5 Å². The standard InChI is InChI=1S/C15H17NO2/c1-4-16(14-8-6-5-7-11(14)2)15(17)13-9-10-18-12(13)3/h5-10H,4H2,1-3H3. The lowest BCUT2D eigenvalue weighted by molar-refractivity contribution is 0.0986. The van der Waals surface area contributed by atoms with Crippen LogP contribution in [0.2, 0.25) is 0 Å². The van der Waals surface area contributed by atoms with Gasteiger partial charge in [0.1, 0.15) is 5.76 Å². The van der Waals surface area contributed by atoms with Crippen molar-refractivity contribution in [3.63, 3.8) is 0 Å². The second-order valence-corrected chi connectivity index (χ2v) is 4.23. The van der Waals surface area contributed by atoms with Gasteiger partial charge in [-0.15, -0.1) is 0 Å². The Balaban J connectivity index is 2.39. The van der Waals surface area contributed by atoms with E-state index >= 15 is 0 Å². The summed E-state index contributed by atoms with van der Waals surface area (Å²) in [6.07, 6.45) is 1.55. The Morgan fingerprint density at radius 1 is 1.22 bits per heavy atom. The van der Waals surface area contributed by atoms with E-state index < -0.39 is 0 Å². The Kier molecular flexibility index (Phi) is 3.51. The van der Waals surface area contributed by atoms with Crippen LogP contribution in [-0.2, 0) is 0 Å². The van der Waals surface area contributed by atoms with Crippen molar-refractivity contribution in [3.05, 3.63) is 53.5 Å². The lowest BCUT2D eigenvalue weighted by atomic mass is 10.1. The van der Waals surface area contributed by atoms with Crippen LogP contribution in [0.4, 0.5) is 5.69 Å². The van der Waals surface area contributed by atoms with Crippen molar-refractivity contribution < 1.29 is 9.21 Å². The smallest absolute Gasteiger partial charge is 0.261 e. The molecule has 1 amide bonds. The molecule has 0 saturated heterocycles. The van der Waals surface area contributed by atoms with E-state index in [9.17, 15) is 4.79 Å². The summed E-state index contributed by atoms with van der Waals surface area (Å²) in [4.78, 5) is 14.2. The van der Waals surface area contributed by atoms with E-state index in [1.54, 1.807) is 24.2 Å². The molecule has 0 bridgehead atoms. The summed E-state index contributed by atoms with van der Waals surface area (Å²) >= 11 is 0. The number of para-hydroxylation sites is 1. The maximum Gasteiger partial charge on any atom is 0.261 e. The number of nitrogens with zero attached hydrogens (tertiary/aromatic N) is 1. The minimum Gasteiger partial charge on any atom is -0.469 e. The fourth-order valence-corrected chi connectivity index (χ4v) is 2.04. The highest BCUT2D eigenvalue weighted by Crippen LogP contribution is 2.22. The van der Waals surface area contributed by atoms with E-state index in [4.69, 9.17) is 4.42 Å². The fraction of sp³-hybridized carbons (Fsp3) is 0.267. The van der Waals surface area contributed by atoms with Crippen LogP contribution in [0.5, 0.6) is 0 Å². The normalized spacial score (nSPS) is 10.4. The van der Waals surface area contributed by atoms with Crippen LogP contribution in [0.15, 0.2) is 41.0 Å². The van der Waals surface area contributed by atoms with Crippen molar-refractivity contribution in [3.8, 4) is 0 Å². The Hall–Kier alpha value is -2.03. The number of benzene rings is 1. The van der Waals surface area contributed by atoms with Gasteiger partial charge in [0.2, 0.25) is 0 Å². The van der Waals surface area contributed by atoms with Crippen molar-refractivity contribution in [2.45, 2.75) is 20.8 Å². The quantitative estimate of drug-likeness (QED) is 0.825. The molecule has 0 aliphatic rings. The van der Waals surface area contributed by atoms with Crippen molar-refractivity contribution in [1.82, 2.24) is 0 Å². The summed E-state index contributed by atoms with van der Waals surface area (Å²) in [6.45, 7) is 6.42. The molecule has 0 N–H and O–H groups in total. The van der Waals surface area contributed by atoms with Gasteiger partial charge in [-0.05, 0) is 38.5 Å². The highest BCUT2D eigenvalue weighted by molar-refractivity contribution is 6.07. The molecule has 94 valence electrons. The van der Waals surface area contributed by atoms with Gasteiger partial charge in [0.15, 0.2) is 0 Å². The van der Waals surface area contributed by atoms with E-state index in [0.717, 1.165) is 11.3 Å². The van der Waals surface area contributed by atoms with Crippen LogP contribution in [0.3, 0.4) is 0 Å². The fourth-order valence-electron chi connectivity index (χ4n) is 2.04. The predicted molar refractivity (Wildman–Crippen MR) is 72.0 cm³/mol. The molecule has 1 aromatic carbocycles. The summed E-state index contributed by atoms with van der Waals surface area (Å²) in [5.74, 6) is 0.644. The average molecular weight is 243 g/mol. The minimum absolute atomic E-state index is 0.0157. The Bertz CT molecular complexity index is 557. The van der Waals surface area contributed by atoms with Crippen LogP contribution in [0.25, 0.3) is 0 Å². The topological polar surface area (TPSA) is 33.5 Å². The largest absolute Gasteiger partial charge is 0.469 e. The maximum absolute atomic E-state index is 12.5. The second kappa shape index (κ2) is 5.08. The number of hydrogen-bond acceptors (Lipinski definition) is 2. The molecule has 2 rings (SSSR count). The number of aryl methyl sites for hydroxylation is 2. The van der Waals surface area contributed by atoms with Gasteiger partial charge in [0.25, 0.3) is 5.91 Å². The van der Waals surface area contributed by atoms with Gasteiger partial charge < -0.3 is 9.32 Å². The first-order valence-electron chi connectivity index (χ1n) is 6.06. The van der Waals surface area contributed by atoms with Gasteiger partial charge in [-0.25, -0.2) is 0 Å². The number of anilines is 1. The summed E-state index contributed by atoms with van der Waals surface area (Å²) in [5.41, 5.74) is 2.67. The third kappa shape index (κ3) is 2.16. The highest BCUT2D eigenvalue weighted by atomic mass is 16.3. The zero-order valence-electron chi connectivity index (χ0n) is 10.9. The Morgan fingerprint density at radius 2 is 1.94 bits per heavy atom. The van der Waals surface area contributed by atoms with Crippen LogP contribution < -0.4 is 4.90 Å². The van der Waals surface area contributed by atoms with E-state index in [0.29, 0.717) is 17.9 Å². The van der Waals surface area contributed by atoms with Gasteiger partial charge in [0, 0.05) is 12.2 Å². The van der Waals surface area contributed by atoms with Crippen LogP contribution in [0, 0.1) is 13.8 Å². The molecule has 0 fully saturated rings. The lowest BCUT2D eigenvalue weighted by Gasteiger charge is -2.22. The molecular formula is C15H17NO2. The number of rotatable bonds is 3. The summed E-state index contributed by atoms with van der Waals surface area (Å²) < 4.78 is 5.20. The molecule has 0 spiro atoms. The number of hydrogen-bond donors (Lipinski definition) is 0. The Labute approximate surface area is 107 Å². The second-order valence-electron chi connectivity index (χ2n) is 4.23. The monoisotopic (exact) mass is 243 g/mol. The third-order valence-corrected chi connectivity index (χ3v) is 3.06. The number of amides is 1. The van der Waals surface area contributed by atoms with E-state index in [2.05, 4.69) is 0 Å². The van der Waals surface area contributed by atoms with Crippen LogP contribution >= 0.6 is 0 Å². The molecule has 0 aliphatic heterocycles. The molecule has 0 unspecified atom stereocenters. The van der Waals surface area contributed by atoms with Gasteiger partial charge in [-0.2, -0.15) is 0 Å². The zero-order chi connectivity index (χ0) is 13.1. The first-order chi connectivity index (χ1) is 8.65. The SMILES string of the molecule is CCN(C(=O)c1ccoc1C)c1ccccc1C. The first-order valence-corrected chi connectivity index (χ1v) is 6.06. The lowest BCUT2D eigenvalue weighted by Crippen LogP contribution is -2.31. The zero-order valence-corrected chi connectivity index (χ0v) is 10.9. The van der Waals surface area contributed by atoms with E-state index in [1.165, 1.54) is 0 Å². The van der Waals surface area contributed by atoms with Crippen LogP contribution in [0.1, 0.15) is 28.6 Å². The molecule has 0 aliphatic carbocycles. The number of carbonyl (C=O) groups excluding carboxylic acids is 1. The summed E-state index contributed by atoms with van der Waals surface area (Å²) in [6, 6.07) is 9.61. The number of furan rings is 1. The molecule has 3 nitrogen and oxygen atoms in total. The van der Waals surface area contributed by atoms with E-state index in [-0.39, 0.29) is 5.91 Å². The molecule has 1 aromatic heterocycles. The van der Waals surface area contributed by atoms with Gasteiger partial charge in [0.05, 0.1) is 11.8 Å². The molecule has 0 saturated carbocycles. The summed E-state index contributed by atoms with van der Waals surface area (Å²) in [7, 11) is 0. The molecule has 3 heteroatoms. The molecular weight excluding hydrogens is 226 g/mol. The molecule has 0 radical (unpaired) electrons. The maximum atomic E-state index is 12.5. The minimum atomic E-state index is -0.0157. The number of carbonyl (C=O) groups is 1. The highest BCUT2D eigenvalue weighted by Gasteiger charge is 2.20. The van der Waals surface area contributed by atoms with Gasteiger partial charge in [-0.1, -0.05) is 18.2 Å². The molecule has 2 aromatic rings. The molecule has 1 heterocycles. The first kappa shape index (κ1) is 12.4. The van der Waals surface area contributed by atoms with Gasteiger partial charge in [-0.3, -0.25) is 4.79 Å². The van der Waals surface area contributed by atoms with Crippen molar-refractivity contribution in [1.29, 1.82) is 0 Å². The molecule has 18 heavy (non-hydrogen) atoms. The summed E-state index contributed by atoms with van der Waals surface area (Å²) in [5, 5.41) is 0. The third-order valence-electron chi connectivity index (χ3n) is 3.06. The van der Waals surface area contributed by atoms with Crippen molar-refractivity contribution in [2.75, 3.05) is 11.4 Å². The van der Waals surface area contributed by atoms with Gasteiger partial charge >= 0.3 is 0 Å². The Morgan fingerprint density at radius 3 is 2.50 bits per heavy atom. The predicted octanol–water partition coefficient (Wildman–Crippen LogP) is 3.56.